The highest BCUT2D eigenvalue weighted by molar-refractivity contribution is 7.89. The highest BCUT2D eigenvalue weighted by atomic mass is 32.2. The van der Waals surface area contributed by atoms with Gasteiger partial charge in [0.05, 0.1) is 5.69 Å². The lowest BCUT2D eigenvalue weighted by Gasteiger charge is -2.09. The molecule has 0 atom stereocenters. The van der Waals surface area contributed by atoms with Crippen molar-refractivity contribution in [3.05, 3.63) is 18.3 Å². The first kappa shape index (κ1) is 13.3. The van der Waals surface area contributed by atoms with E-state index in [0.29, 0.717) is 0 Å². The average Bonchev–Trinajstić information content (AvgIpc) is 2.61. The van der Waals surface area contributed by atoms with E-state index in [-0.39, 0.29) is 27.6 Å². The van der Waals surface area contributed by atoms with Crippen LogP contribution in [0.3, 0.4) is 0 Å². The molecule has 1 aromatic rings. The first-order valence-electron chi connectivity index (χ1n) is 5.83. The minimum Gasteiger partial charge on any atom is -0.396 e. The molecule has 1 heterocycles. The number of aromatic nitrogens is 1. The van der Waals surface area contributed by atoms with E-state index in [1.165, 1.54) is 12.3 Å². The van der Waals surface area contributed by atoms with Gasteiger partial charge in [-0.2, -0.15) is 0 Å². The molecule has 6 heteroatoms. The lowest BCUT2D eigenvalue weighted by molar-refractivity contribution is 0.457. The lowest BCUT2D eigenvalue weighted by Crippen LogP contribution is -2.31. The van der Waals surface area contributed by atoms with E-state index in [1.807, 2.05) is 27.7 Å². The molecule has 0 spiro atoms. The van der Waals surface area contributed by atoms with Crippen LogP contribution in [0.5, 0.6) is 0 Å². The first-order valence-corrected chi connectivity index (χ1v) is 7.32. The number of rotatable bonds is 3. The molecule has 18 heavy (non-hydrogen) atoms. The Morgan fingerprint density at radius 2 is 1.83 bits per heavy atom. The topological polar surface area (TPSA) is 85.1 Å². The van der Waals surface area contributed by atoms with Crippen LogP contribution in [0.1, 0.15) is 27.7 Å². The van der Waals surface area contributed by atoms with Gasteiger partial charge in [0, 0.05) is 12.2 Å². The molecule has 0 aliphatic heterocycles. The largest absolute Gasteiger partial charge is 0.396 e. The lowest BCUT2D eigenvalue weighted by atomic mass is 10.0. The summed E-state index contributed by atoms with van der Waals surface area (Å²) in [6, 6.07) is 3.04. The standard InChI is InChI=1S/C12H19N3O2S/c1-11(2)10(12(11,3)4)15-18(16,17)9-8(13)6-5-7-14-9/h5-7,10,15H,13H2,1-4H3. The van der Waals surface area contributed by atoms with E-state index in [4.69, 9.17) is 5.73 Å². The number of nitrogens with two attached hydrogens (primary N) is 1. The Balaban J connectivity index is 2.29. The summed E-state index contributed by atoms with van der Waals surface area (Å²) < 4.78 is 27.1. The number of nitrogens with zero attached hydrogens (tertiary/aromatic N) is 1. The molecule has 1 aliphatic rings. The predicted octanol–water partition coefficient (Wildman–Crippen LogP) is 1.38. The van der Waals surface area contributed by atoms with Crippen molar-refractivity contribution >= 4 is 15.7 Å². The van der Waals surface area contributed by atoms with Crippen LogP contribution in [0, 0.1) is 10.8 Å². The van der Waals surface area contributed by atoms with Crippen LogP contribution in [-0.4, -0.2) is 19.4 Å². The number of hydrogen-bond donors (Lipinski definition) is 2. The van der Waals surface area contributed by atoms with Crippen LogP contribution >= 0.6 is 0 Å². The highest BCUT2D eigenvalue weighted by Crippen LogP contribution is 2.62. The highest BCUT2D eigenvalue weighted by Gasteiger charge is 2.66. The third-order valence-corrected chi connectivity index (χ3v) is 5.75. The second-order valence-electron chi connectivity index (χ2n) is 5.90. The molecule has 2 rings (SSSR count). The monoisotopic (exact) mass is 269 g/mol. The summed E-state index contributed by atoms with van der Waals surface area (Å²) in [7, 11) is -3.66. The van der Waals surface area contributed by atoms with Gasteiger partial charge in [-0.15, -0.1) is 0 Å². The quantitative estimate of drug-likeness (QED) is 0.868. The smallest absolute Gasteiger partial charge is 0.260 e. The number of hydrogen-bond acceptors (Lipinski definition) is 4. The molecular formula is C12H19N3O2S. The Bertz CT molecular complexity index is 565. The predicted molar refractivity (Wildman–Crippen MR) is 70.3 cm³/mol. The molecule has 0 bridgehead atoms. The van der Waals surface area contributed by atoms with Crippen LogP contribution in [0.2, 0.25) is 0 Å². The molecule has 3 N–H and O–H groups in total. The zero-order valence-corrected chi connectivity index (χ0v) is 11.9. The maximum absolute atomic E-state index is 12.2. The fourth-order valence-electron chi connectivity index (χ4n) is 2.33. The minimum atomic E-state index is -3.66. The fraction of sp³-hybridized carbons (Fsp3) is 0.583. The molecule has 0 amide bonds. The van der Waals surface area contributed by atoms with Crippen molar-refractivity contribution in [1.82, 2.24) is 9.71 Å². The van der Waals surface area contributed by atoms with E-state index in [9.17, 15) is 8.42 Å². The first-order chi connectivity index (χ1) is 8.11. The Morgan fingerprint density at radius 3 is 2.28 bits per heavy atom. The van der Waals surface area contributed by atoms with Gasteiger partial charge in [-0.3, -0.25) is 0 Å². The van der Waals surface area contributed by atoms with Crippen LogP contribution in [0.4, 0.5) is 5.69 Å². The van der Waals surface area contributed by atoms with Gasteiger partial charge in [-0.1, -0.05) is 27.7 Å². The van der Waals surface area contributed by atoms with Gasteiger partial charge in [-0.25, -0.2) is 18.1 Å². The summed E-state index contributed by atoms with van der Waals surface area (Å²) in [5, 5.41) is -0.0940. The second-order valence-corrected chi connectivity index (χ2v) is 7.52. The second kappa shape index (κ2) is 3.68. The zero-order valence-electron chi connectivity index (χ0n) is 11.1. The van der Waals surface area contributed by atoms with Crippen LogP contribution < -0.4 is 10.5 Å². The van der Waals surface area contributed by atoms with Crippen molar-refractivity contribution in [2.75, 3.05) is 5.73 Å². The number of sulfonamides is 1. The molecule has 1 fully saturated rings. The molecule has 0 saturated heterocycles. The van der Waals surface area contributed by atoms with Gasteiger partial charge < -0.3 is 5.73 Å². The third kappa shape index (κ3) is 1.80. The van der Waals surface area contributed by atoms with Gasteiger partial charge in [0.15, 0.2) is 5.03 Å². The Hall–Kier alpha value is -1.14. The van der Waals surface area contributed by atoms with E-state index < -0.39 is 10.0 Å². The maximum atomic E-state index is 12.2. The van der Waals surface area contributed by atoms with Crippen molar-refractivity contribution in [2.24, 2.45) is 10.8 Å². The molecular weight excluding hydrogens is 250 g/mol. The van der Waals surface area contributed by atoms with E-state index >= 15 is 0 Å². The van der Waals surface area contributed by atoms with Crippen LogP contribution in [0.25, 0.3) is 0 Å². The van der Waals surface area contributed by atoms with Crippen molar-refractivity contribution < 1.29 is 8.42 Å². The summed E-state index contributed by atoms with van der Waals surface area (Å²) in [4.78, 5) is 3.85. The minimum absolute atomic E-state index is 0.0659. The molecule has 5 nitrogen and oxygen atoms in total. The molecule has 0 aromatic carbocycles. The molecule has 0 unspecified atom stereocenters. The Labute approximate surface area is 108 Å². The van der Waals surface area contributed by atoms with Crippen LogP contribution in [0.15, 0.2) is 23.4 Å². The molecule has 100 valence electrons. The van der Waals surface area contributed by atoms with Crippen molar-refractivity contribution in [3.8, 4) is 0 Å². The number of anilines is 1. The SMILES string of the molecule is CC1(C)C(NS(=O)(=O)c2ncccc2N)C1(C)C. The number of nitrogen functional groups attached to an aromatic ring is 1. The fourth-order valence-corrected chi connectivity index (χ4v) is 3.92. The van der Waals surface area contributed by atoms with E-state index in [2.05, 4.69) is 9.71 Å². The summed E-state index contributed by atoms with van der Waals surface area (Å²) in [5.41, 5.74) is 5.69. The summed E-state index contributed by atoms with van der Waals surface area (Å²) in [6.07, 6.45) is 1.42. The zero-order chi connectivity index (χ0) is 13.8. The van der Waals surface area contributed by atoms with Crippen molar-refractivity contribution in [1.29, 1.82) is 0 Å². The number of nitrogens with one attached hydrogen (secondary N) is 1. The van der Waals surface area contributed by atoms with Gasteiger partial charge in [0.25, 0.3) is 10.0 Å². The van der Waals surface area contributed by atoms with Crippen molar-refractivity contribution in [3.63, 3.8) is 0 Å². The Morgan fingerprint density at radius 1 is 1.28 bits per heavy atom. The maximum Gasteiger partial charge on any atom is 0.260 e. The normalized spacial score (nSPS) is 21.8. The van der Waals surface area contributed by atoms with Gasteiger partial charge >= 0.3 is 0 Å². The summed E-state index contributed by atoms with van der Waals surface area (Å²) >= 11 is 0. The van der Waals surface area contributed by atoms with Gasteiger partial charge in [0.2, 0.25) is 0 Å². The summed E-state index contributed by atoms with van der Waals surface area (Å²) in [6.45, 7) is 8.17. The molecule has 1 aromatic heterocycles. The molecule has 1 saturated carbocycles. The van der Waals surface area contributed by atoms with E-state index in [1.54, 1.807) is 6.07 Å². The average molecular weight is 269 g/mol. The van der Waals surface area contributed by atoms with Crippen molar-refractivity contribution in [2.45, 2.75) is 38.8 Å². The molecule has 0 radical (unpaired) electrons. The van der Waals surface area contributed by atoms with E-state index in [0.717, 1.165) is 0 Å². The van der Waals surface area contributed by atoms with Crippen LogP contribution in [-0.2, 0) is 10.0 Å². The van der Waals surface area contributed by atoms with Gasteiger partial charge in [0.1, 0.15) is 0 Å². The number of pyridine rings is 1. The Kier molecular flexibility index (Phi) is 2.72. The summed E-state index contributed by atoms with van der Waals surface area (Å²) in [5.74, 6) is 0. The third-order valence-electron chi connectivity index (χ3n) is 4.35. The van der Waals surface area contributed by atoms with Gasteiger partial charge in [-0.05, 0) is 23.0 Å². The molecule has 1 aliphatic carbocycles.